The van der Waals surface area contributed by atoms with Gasteiger partial charge in [0.1, 0.15) is 5.69 Å². The van der Waals surface area contributed by atoms with Crippen LogP contribution in [0.4, 0.5) is 28.4 Å². The molecule has 154 valence electrons. The van der Waals surface area contributed by atoms with Crippen LogP contribution in [0.1, 0.15) is 43.7 Å². The molecule has 0 fully saturated rings. The Balaban J connectivity index is 1.81. The number of nitrogens with zero attached hydrogens (tertiary/aromatic N) is 2. The van der Waals surface area contributed by atoms with Crippen molar-refractivity contribution in [2.24, 2.45) is 0 Å². The fourth-order valence-corrected chi connectivity index (χ4v) is 3.77. The molecule has 2 heterocycles. The van der Waals surface area contributed by atoms with Crippen LogP contribution in [0.5, 0.6) is 0 Å². The Morgan fingerprint density at radius 2 is 1.93 bits per heavy atom. The van der Waals surface area contributed by atoms with Crippen molar-refractivity contribution in [3.63, 3.8) is 0 Å². The monoisotopic (exact) mass is 423 g/mol. The number of anilines is 2. The number of hydrogen-bond acceptors (Lipinski definition) is 4. The topological polar surface area (TPSA) is 37.8 Å². The maximum Gasteiger partial charge on any atom is 0.416 e. The lowest BCUT2D eigenvalue weighted by Crippen LogP contribution is -2.10. The van der Waals surface area contributed by atoms with Gasteiger partial charge in [0, 0.05) is 23.6 Å². The quantitative estimate of drug-likeness (QED) is 0.307. The lowest BCUT2D eigenvalue weighted by Gasteiger charge is -2.15. The lowest BCUT2D eigenvalue weighted by atomic mass is 10.00. The summed E-state index contributed by atoms with van der Waals surface area (Å²) >= 11 is 0.743. The van der Waals surface area contributed by atoms with Gasteiger partial charge >= 0.3 is 6.18 Å². The van der Waals surface area contributed by atoms with Gasteiger partial charge in [-0.1, -0.05) is 43.6 Å². The van der Waals surface area contributed by atoms with Gasteiger partial charge in [-0.3, -0.25) is 4.98 Å². The normalized spacial score (nSPS) is 11.6. The van der Waals surface area contributed by atoms with E-state index < -0.39 is 16.9 Å². The summed E-state index contributed by atoms with van der Waals surface area (Å²) in [6, 6.07) is 7.47. The SMILES string of the molecule is CCCCCCc1ccc(Nc2nc(-c3cccnc3)c(F)s2)cc1C(F)(F)F. The second-order valence-corrected chi connectivity index (χ2v) is 7.64. The van der Waals surface area contributed by atoms with Crippen LogP contribution in [0.25, 0.3) is 11.3 Å². The molecule has 0 unspecified atom stereocenters. The van der Waals surface area contributed by atoms with Gasteiger partial charge in [0.15, 0.2) is 5.13 Å². The fraction of sp³-hybridized carbons (Fsp3) is 0.333. The third-order valence-corrected chi connectivity index (χ3v) is 5.25. The molecule has 0 atom stereocenters. The highest BCUT2D eigenvalue weighted by Gasteiger charge is 2.33. The van der Waals surface area contributed by atoms with Gasteiger partial charge in [-0.2, -0.15) is 17.6 Å². The highest BCUT2D eigenvalue weighted by atomic mass is 32.1. The molecule has 0 aliphatic carbocycles. The van der Waals surface area contributed by atoms with E-state index in [1.54, 1.807) is 24.4 Å². The van der Waals surface area contributed by atoms with Crippen LogP contribution >= 0.6 is 11.3 Å². The second kappa shape index (κ2) is 9.35. The van der Waals surface area contributed by atoms with E-state index in [-0.39, 0.29) is 22.1 Å². The molecule has 8 heteroatoms. The summed E-state index contributed by atoms with van der Waals surface area (Å²) in [7, 11) is 0. The first kappa shape index (κ1) is 21.2. The van der Waals surface area contributed by atoms with E-state index in [1.165, 1.54) is 12.3 Å². The third-order valence-electron chi connectivity index (χ3n) is 4.49. The van der Waals surface area contributed by atoms with Crippen LogP contribution in [0, 0.1) is 5.13 Å². The number of hydrogen-bond donors (Lipinski definition) is 1. The van der Waals surface area contributed by atoms with E-state index in [4.69, 9.17) is 0 Å². The van der Waals surface area contributed by atoms with E-state index in [0.717, 1.165) is 43.1 Å². The van der Waals surface area contributed by atoms with Gasteiger partial charge in [-0.25, -0.2) is 4.98 Å². The predicted molar refractivity (Wildman–Crippen MR) is 108 cm³/mol. The molecule has 3 rings (SSSR count). The van der Waals surface area contributed by atoms with Crippen molar-refractivity contribution in [2.45, 2.75) is 45.2 Å². The standard InChI is InChI=1S/C21H21F4N3S/c1-2-3-4-5-7-14-9-10-16(12-17(14)21(23,24)25)27-20-28-18(19(22)29-20)15-8-6-11-26-13-15/h6,8-13H,2-5,7H2,1H3,(H,27,28). The molecule has 1 aromatic carbocycles. The lowest BCUT2D eigenvalue weighted by molar-refractivity contribution is -0.138. The first-order chi connectivity index (χ1) is 13.9. The summed E-state index contributed by atoms with van der Waals surface area (Å²) in [6.07, 6.45) is 2.64. The molecule has 1 N–H and O–H groups in total. The van der Waals surface area contributed by atoms with Gasteiger partial charge in [0.05, 0.1) is 5.56 Å². The number of halogens is 4. The molecule has 29 heavy (non-hydrogen) atoms. The Labute approximate surface area is 170 Å². The third kappa shape index (κ3) is 5.53. The summed E-state index contributed by atoms with van der Waals surface area (Å²) in [4.78, 5) is 8.10. The molecule has 0 amide bonds. The smallest absolute Gasteiger partial charge is 0.331 e. The fourth-order valence-electron chi connectivity index (χ4n) is 3.04. The summed E-state index contributed by atoms with van der Waals surface area (Å²) in [5.74, 6) is 0. The summed E-state index contributed by atoms with van der Waals surface area (Å²) in [5, 5.41) is 2.46. The van der Waals surface area contributed by atoms with Crippen molar-refractivity contribution in [1.29, 1.82) is 0 Å². The van der Waals surface area contributed by atoms with Gasteiger partial charge < -0.3 is 5.32 Å². The minimum atomic E-state index is -4.45. The maximum absolute atomic E-state index is 14.2. The Bertz CT molecular complexity index is 939. The van der Waals surface area contributed by atoms with Gasteiger partial charge in [0.25, 0.3) is 0 Å². The number of thiazole rings is 1. The maximum atomic E-state index is 14.2. The van der Waals surface area contributed by atoms with Crippen LogP contribution in [0.2, 0.25) is 0 Å². The molecule has 0 radical (unpaired) electrons. The zero-order valence-corrected chi connectivity index (χ0v) is 16.7. The largest absolute Gasteiger partial charge is 0.416 e. The molecule has 0 saturated heterocycles. The number of aryl methyl sites for hydroxylation is 1. The minimum Gasteiger partial charge on any atom is -0.331 e. The molecule has 0 aliphatic rings. The number of nitrogens with one attached hydrogen (secondary N) is 1. The van der Waals surface area contributed by atoms with Crippen molar-refractivity contribution < 1.29 is 17.6 Å². The Morgan fingerprint density at radius 3 is 2.62 bits per heavy atom. The zero-order chi connectivity index (χ0) is 20.9. The molecule has 0 bridgehead atoms. The highest BCUT2D eigenvalue weighted by molar-refractivity contribution is 7.14. The second-order valence-electron chi connectivity index (χ2n) is 6.69. The van der Waals surface area contributed by atoms with Crippen LogP contribution in [0.15, 0.2) is 42.7 Å². The summed E-state index contributed by atoms with van der Waals surface area (Å²) in [5.41, 5.74) is 0.465. The molecule has 0 saturated carbocycles. The van der Waals surface area contributed by atoms with E-state index in [9.17, 15) is 17.6 Å². The van der Waals surface area contributed by atoms with Gasteiger partial charge in [-0.15, -0.1) is 0 Å². The number of aromatic nitrogens is 2. The van der Waals surface area contributed by atoms with E-state index in [2.05, 4.69) is 22.2 Å². The molecular weight excluding hydrogens is 402 g/mol. The Kier molecular flexibility index (Phi) is 6.84. The number of pyridine rings is 1. The Morgan fingerprint density at radius 1 is 1.10 bits per heavy atom. The Hall–Kier alpha value is -2.48. The molecule has 0 spiro atoms. The van der Waals surface area contributed by atoms with Crippen LogP contribution < -0.4 is 5.32 Å². The summed E-state index contributed by atoms with van der Waals surface area (Å²) < 4.78 is 54.8. The number of benzene rings is 1. The minimum absolute atomic E-state index is 0.120. The van der Waals surface area contributed by atoms with E-state index in [1.807, 2.05) is 0 Å². The molecule has 3 aromatic rings. The van der Waals surface area contributed by atoms with Crippen molar-refractivity contribution in [3.8, 4) is 11.3 Å². The van der Waals surface area contributed by atoms with Gasteiger partial charge in [0.2, 0.25) is 5.13 Å². The van der Waals surface area contributed by atoms with E-state index in [0.29, 0.717) is 12.0 Å². The number of unbranched alkanes of at least 4 members (excludes halogenated alkanes) is 3. The van der Waals surface area contributed by atoms with E-state index >= 15 is 0 Å². The molecule has 2 aromatic heterocycles. The van der Waals surface area contributed by atoms with Crippen LogP contribution in [-0.2, 0) is 12.6 Å². The average molecular weight is 423 g/mol. The zero-order valence-electron chi connectivity index (χ0n) is 15.9. The molecular formula is C21H21F4N3S. The number of rotatable bonds is 8. The van der Waals surface area contributed by atoms with Gasteiger partial charge in [-0.05, 0) is 42.7 Å². The molecule has 3 nitrogen and oxygen atoms in total. The molecule has 0 aliphatic heterocycles. The van der Waals surface area contributed by atoms with Crippen LogP contribution in [0.3, 0.4) is 0 Å². The predicted octanol–water partition coefficient (Wildman–Crippen LogP) is 7.23. The van der Waals surface area contributed by atoms with Crippen molar-refractivity contribution in [3.05, 3.63) is 59.0 Å². The summed E-state index contributed by atoms with van der Waals surface area (Å²) in [6.45, 7) is 2.06. The first-order valence-electron chi connectivity index (χ1n) is 9.42. The van der Waals surface area contributed by atoms with Crippen molar-refractivity contribution >= 4 is 22.2 Å². The van der Waals surface area contributed by atoms with Crippen molar-refractivity contribution in [1.82, 2.24) is 9.97 Å². The average Bonchev–Trinajstić information content (AvgIpc) is 3.06. The van der Waals surface area contributed by atoms with Crippen LogP contribution in [-0.4, -0.2) is 9.97 Å². The number of alkyl halides is 3. The highest BCUT2D eigenvalue weighted by Crippen LogP contribution is 2.36. The van der Waals surface area contributed by atoms with Crippen molar-refractivity contribution in [2.75, 3.05) is 5.32 Å². The first-order valence-corrected chi connectivity index (χ1v) is 10.2.